The molecule has 7 aromatic rings. The molecule has 0 aliphatic carbocycles. The average molecular weight is 762 g/mol. The van der Waals surface area contributed by atoms with Crippen LogP contribution in [0.1, 0.15) is 15.5 Å². The second kappa shape index (κ2) is 17.3. The topological polar surface area (TPSA) is 38.7 Å². The fourth-order valence-corrected chi connectivity index (χ4v) is 4.30. The Labute approximate surface area is 284 Å². The van der Waals surface area contributed by atoms with E-state index in [9.17, 15) is 0 Å². The summed E-state index contributed by atoms with van der Waals surface area (Å²) in [6.07, 6.45) is 1.80. The van der Waals surface area contributed by atoms with Gasteiger partial charge in [-0.3, -0.25) is 0 Å². The molecule has 0 bridgehead atoms. The van der Waals surface area contributed by atoms with Gasteiger partial charge in [0.1, 0.15) is 0 Å². The largest absolute Gasteiger partial charge is 3.00 e. The van der Waals surface area contributed by atoms with Crippen molar-refractivity contribution in [3.05, 3.63) is 187 Å². The molecular formula is C41H32IrN3. The number of pyridine rings is 3. The van der Waals surface area contributed by atoms with Crippen LogP contribution in [0.3, 0.4) is 0 Å². The molecule has 0 fully saturated rings. The summed E-state index contributed by atoms with van der Waals surface area (Å²) < 4.78 is 21.9. The normalized spacial score (nSPS) is 11.1. The minimum Gasteiger partial charge on any atom is -0.305 e. The quantitative estimate of drug-likeness (QED) is 0.168. The Morgan fingerprint density at radius 2 is 1.07 bits per heavy atom. The Hall–Kier alpha value is -5.02. The van der Waals surface area contributed by atoms with Crippen LogP contribution in [-0.2, 0) is 20.1 Å². The average Bonchev–Trinajstić information content (AvgIpc) is 3.13. The monoisotopic (exact) mass is 762 g/mol. The molecule has 0 amide bonds. The Morgan fingerprint density at radius 1 is 0.489 bits per heavy atom. The SMILES string of the molecule is Cc1cccc(-c2[c-]cccc2)n1.[2H]C([2H])([2H])c1cccc(-c2[c-]cccc2)n1.[Ir+3].[c-]1cc(-c2ccccc2)ccc1-c1ccccn1. The van der Waals surface area contributed by atoms with Crippen molar-refractivity contribution >= 4 is 0 Å². The first kappa shape index (κ1) is 28.7. The zero-order chi connectivity index (χ0) is 32.9. The van der Waals surface area contributed by atoms with E-state index in [1.807, 2.05) is 110 Å². The van der Waals surface area contributed by atoms with Crippen molar-refractivity contribution in [2.45, 2.75) is 13.8 Å². The van der Waals surface area contributed by atoms with Crippen LogP contribution in [0, 0.1) is 32.0 Å². The summed E-state index contributed by atoms with van der Waals surface area (Å²) in [5.74, 6) is 0. The molecule has 0 spiro atoms. The molecule has 0 saturated heterocycles. The fourth-order valence-electron chi connectivity index (χ4n) is 4.30. The predicted octanol–water partition coefficient (Wildman–Crippen LogP) is 9.93. The molecule has 0 aliphatic heterocycles. The molecular weight excluding hydrogens is 727 g/mol. The zero-order valence-electron chi connectivity index (χ0n) is 27.7. The third-order valence-electron chi connectivity index (χ3n) is 6.47. The summed E-state index contributed by atoms with van der Waals surface area (Å²) in [7, 11) is 0. The van der Waals surface area contributed by atoms with Crippen molar-refractivity contribution in [2.75, 3.05) is 0 Å². The molecule has 0 unspecified atom stereocenters. The molecule has 45 heavy (non-hydrogen) atoms. The van der Waals surface area contributed by atoms with Gasteiger partial charge in [-0.05, 0) is 49.1 Å². The van der Waals surface area contributed by atoms with Gasteiger partial charge in [0.05, 0.1) is 0 Å². The first-order valence-corrected chi connectivity index (χ1v) is 14.2. The number of rotatable bonds is 4. The first-order chi connectivity index (χ1) is 22.9. The van der Waals surface area contributed by atoms with Gasteiger partial charge in [0.25, 0.3) is 0 Å². The third-order valence-corrected chi connectivity index (χ3v) is 6.47. The minimum atomic E-state index is -2.16. The van der Waals surface area contributed by atoms with Crippen molar-refractivity contribution in [1.82, 2.24) is 15.0 Å². The van der Waals surface area contributed by atoms with Gasteiger partial charge in [-0.25, -0.2) is 0 Å². The molecule has 0 atom stereocenters. The van der Waals surface area contributed by atoms with E-state index in [1.54, 1.807) is 24.4 Å². The van der Waals surface area contributed by atoms with Gasteiger partial charge in [-0.1, -0.05) is 77.9 Å². The maximum Gasteiger partial charge on any atom is 3.00 e. The summed E-state index contributed by atoms with van der Waals surface area (Å²) in [6, 6.07) is 58.1. The molecule has 3 heterocycles. The molecule has 0 saturated carbocycles. The van der Waals surface area contributed by atoms with Gasteiger partial charge in [0, 0.05) is 21.7 Å². The van der Waals surface area contributed by atoms with Gasteiger partial charge in [0.2, 0.25) is 0 Å². The van der Waals surface area contributed by atoms with E-state index in [0.717, 1.165) is 33.8 Å². The summed E-state index contributed by atoms with van der Waals surface area (Å²) >= 11 is 0. The van der Waals surface area contributed by atoms with Crippen molar-refractivity contribution in [3.8, 4) is 44.9 Å². The van der Waals surface area contributed by atoms with Crippen LogP contribution < -0.4 is 0 Å². The predicted molar refractivity (Wildman–Crippen MR) is 180 cm³/mol. The van der Waals surface area contributed by atoms with Crippen molar-refractivity contribution < 1.29 is 24.2 Å². The second-order valence-corrected chi connectivity index (χ2v) is 9.70. The first-order valence-electron chi connectivity index (χ1n) is 15.7. The van der Waals surface area contributed by atoms with E-state index in [2.05, 4.69) is 57.4 Å². The Balaban J connectivity index is 0.000000163. The molecule has 3 aromatic heterocycles. The van der Waals surface area contributed by atoms with Crippen LogP contribution in [0.4, 0.5) is 0 Å². The Kier molecular flexibility index (Phi) is 11.1. The molecule has 0 aliphatic rings. The van der Waals surface area contributed by atoms with Crippen molar-refractivity contribution in [3.63, 3.8) is 0 Å². The van der Waals surface area contributed by atoms with E-state index in [0.29, 0.717) is 5.69 Å². The number of nitrogens with zero attached hydrogens (tertiary/aromatic N) is 3. The van der Waals surface area contributed by atoms with Gasteiger partial charge < -0.3 is 15.0 Å². The zero-order valence-corrected chi connectivity index (χ0v) is 27.1. The molecule has 3 nitrogen and oxygen atoms in total. The van der Waals surface area contributed by atoms with E-state index >= 15 is 0 Å². The summed E-state index contributed by atoms with van der Waals surface area (Å²) in [6.45, 7) is -0.169. The minimum absolute atomic E-state index is 0. The maximum absolute atomic E-state index is 7.29. The number of benzene rings is 4. The van der Waals surface area contributed by atoms with Crippen molar-refractivity contribution in [2.24, 2.45) is 0 Å². The second-order valence-electron chi connectivity index (χ2n) is 9.70. The third kappa shape index (κ3) is 10.0. The molecule has 0 radical (unpaired) electrons. The van der Waals surface area contributed by atoms with Crippen LogP contribution >= 0.6 is 0 Å². The Bertz CT molecular complexity index is 1890. The van der Waals surface area contributed by atoms with Gasteiger partial charge in [-0.2, -0.15) is 0 Å². The van der Waals surface area contributed by atoms with Crippen LogP contribution in [0.25, 0.3) is 44.9 Å². The van der Waals surface area contributed by atoms with E-state index in [4.69, 9.17) is 4.11 Å². The van der Waals surface area contributed by atoms with Gasteiger partial charge in [-0.15, -0.1) is 102 Å². The standard InChI is InChI=1S/C17H12N.2C12H10N.Ir/c1-2-6-14(7-3-1)15-9-11-16(12-10-15)17-8-4-5-13-18-17;2*1-10-6-5-9-12(13-10)11-7-3-2-4-8-11;/h1-11,13H;2*2-7,9H,1H3;/q3*-1;+3/i;1D3;;. The number of aromatic nitrogens is 3. The summed E-state index contributed by atoms with van der Waals surface area (Å²) in [5, 5.41) is 0. The van der Waals surface area contributed by atoms with Gasteiger partial charge >= 0.3 is 20.1 Å². The van der Waals surface area contributed by atoms with Crippen LogP contribution in [-0.4, -0.2) is 15.0 Å². The number of hydrogen-bond donors (Lipinski definition) is 0. The molecule has 4 heteroatoms. The summed E-state index contributed by atoms with van der Waals surface area (Å²) in [4.78, 5) is 12.9. The van der Waals surface area contributed by atoms with Crippen LogP contribution in [0.5, 0.6) is 0 Å². The fraction of sp³-hybridized carbons (Fsp3) is 0.0488. The number of aryl methyl sites for hydroxylation is 2. The molecule has 220 valence electrons. The molecule has 7 rings (SSSR count). The van der Waals surface area contributed by atoms with Crippen LogP contribution in [0.2, 0.25) is 0 Å². The van der Waals surface area contributed by atoms with E-state index < -0.39 is 6.85 Å². The van der Waals surface area contributed by atoms with Crippen LogP contribution in [0.15, 0.2) is 158 Å². The smallest absolute Gasteiger partial charge is 0.305 e. The van der Waals surface area contributed by atoms with E-state index in [-0.39, 0.29) is 25.8 Å². The Morgan fingerprint density at radius 3 is 1.60 bits per heavy atom. The molecule has 4 aromatic carbocycles. The van der Waals surface area contributed by atoms with Gasteiger partial charge in [0.15, 0.2) is 0 Å². The molecule has 0 N–H and O–H groups in total. The number of hydrogen-bond acceptors (Lipinski definition) is 3. The maximum atomic E-state index is 7.29. The summed E-state index contributed by atoms with van der Waals surface area (Å²) in [5.41, 5.74) is 8.98. The van der Waals surface area contributed by atoms with Crippen molar-refractivity contribution in [1.29, 1.82) is 0 Å². The van der Waals surface area contributed by atoms with E-state index in [1.165, 1.54) is 17.2 Å².